The van der Waals surface area contributed by atoms with E-state index in [4.69, 9.17) is 4.42 Å². The number of aromatic nitrogens is 2. The zero-order valence-corrected chi connectivity index (χ0v) is 15.5. The molecular weight excluding hydrogens is 334 g/mol. The Kier molecular flexibility index (Phi) is 5.28. The fourth-order valence-corrected chi connectivity index (χ4v) is 3.45. The van der Waals surface area contributed by atoms with Crippen LogP contribution in [0.5, 0.6) is 0 Å². The zero-order valence-electron chi connectivity index (χ0n) is 14.7. The molecule has 0 fully saturated rings. The summed E-state index contributed by atoms with van der Waals surface area (Å²) in [5.74, 6) is 1.05. The summed E-state index contributed by atoms with van der Waals surface area (Å²) in [6, 6.07) is 8.11. The number of thiophene rings is 1. The molecule has 25 heavy (non-hydrogen) atoms. The number of hydrogen-bond acceptors (Lipinski definition) is 5. The smallest absolute Gasteiger partial charge is 0.248 e. The van der Waals surface area contributed by atoms with Crippen LogP contribution in [0.15, 0.2) is 39.4 Å². The van der Waals surface area contributed by atoms with Gasteiger partial charge in [-0.25, -0.2) is 0 Å². The van der Waals surface area contributed by atoms with E-state index in [1.165, 1.54) is 0 Å². The minimum Gasteiger partial charge on any atom is -0.421 e. The van der Waals surface area contributed by atoms with Gasteiger partial charge in [0.25, 0.3) is 0 Å². The molecule has 0 aliphatic carbocycles. The van der Waals surface area contributed by atoms with Crippen LogP contribution in [0, 0.1) is 13.8 Å². The number of aryl methyl sites for hydroxylation is 3. The third kappa shape index (κ3) is 4.14. The second-order valence-electron chi connectivity index (χ2n) is 6.00. The van der Waals surface area contributed by atoms with E-state index in [0.29, 0.717) is 31.2 Å². The van der Waals surface area contributed by atoms with Gasteiger partial charge in [0.05, 0.1) is 0 Å². The number of anilines is 1. The van der Waals surface area contributed by atoms with E-state index in [9.17, 15) is 4.79 Å². The fourth-order valence-electron chi connectivity index (χ4n) is 2.82. The topological polar surface area (TPSA) is 59.2 Å². The standard InChI is InChI=1S/C19H21N3O2S/c1-4-22(16-10-13(2)9-14(3)11-16)18(23)6-5-17-20-21-19(24-17)15-7-8-25-12-15/h7-12H,4-6H2,1-3H3. The van der Waals surface area contributed by atoms with Crippen molar-refractivity contribution in [3.05, 3.63) is 52.0 Å². The van der Waals surface area contributed by atoms with Crippen LogP contribution >= 0.6 is 11.3 Å². The maximum atomic E-state index is 12.6. The maximum absolute atomic E-state index is 12.6. The van der Waals surface area contributed by atoms with Crippen LogP contribution in [0.4, 0.5) is 5.69 Å². The number of amides is 1. The summed E-state index contributed by atoms with van der Waals surface area (Å²) in [5, 5.41) is 12.0. The summed E-state index contributed by atoms with van der Waals surface area (Å²) < 4.78 is 5.65. The lowest BCUT2D eigenvalue weighted by molar-refractivity contribution is -0.118. The molecule has 0 aliphatic heterocycles. The molecule has 3 aromatic rings. The van der Waals surface area contributed by atoms with Gasteiger partial charge in [0.2, 0.25) is 17.7 Å². The lowest BCUT2D eigenvalue weighted by Gasteiger charge is -2.22. The van der Waals surface area contributed by atoms with Crippen molar-refractivity contribution in [2.75, 3.05) is 11.4 Å². The molecule has 0 bridgehead atoms. The highest BCUT2D eigenvalue weighted by Crippen LogP contribution is 2.22. The fraction of sp³-hybridized carbons (Fsp3) is 0.316. The van der Waals surface area contributed by atoms with Crippen LogP contribution in [-0.2, 0) is 11.2 Å². The number of hydrogen-bond donors (Lipinski definition) is 0. The van der Waals surface area contributed by atoms with Gasteiger partial charge in [-0.3, -0.25) is 4.79 Å². The first-order valence-electron chi connectivity index (χ1n) is 8.30. The van der Waals surface area contributed by atoms with Gasteiger partial charge in [-0.2, -0.15) is 11.3 Å². The van der Waals surface area contributed by atoms with Crippen LogP contribution in [0.2, 0.25) is 0 Å². The molecule has 0 atom stereocenters. The molecule has 0 unspecified atom stereocenters. The Hall–Kier alpha value is -2.47. The second kappa shape index (κ2) is 7.61. The molecule has 2 aromatic heterocycles. The Morgan fingerprint density at radius 3 is 2.60 bits per heavy atom. The predicted molar refractivity (Wildman–Crippen MR) is 99.9 cm³/mol. The number of nitrogens with zero attached hydrogens (tertiary/aromatic N) is 3. The van der Waals surface area contributed by atoms with Crippen molar-refractivity contribution in [2.24, 2.45) is 0 Å². The van der Waals surface area contributed by atoms with Gasteiger partial charge in [-0.15, -0.1) is 10.2 Å². The third-order valence-corrected chi connectivity index (χ3v) is 4.61. The van der Waals surface area contributed by atoms with Crippen LogP contribution in [-0.4, -0.2) is 22.6 Å². The molecule has 2 heterocycles. The van der Waals surface area contributed by atoms with Crippen LogP contribution in [0.25, 0.3) is 11.5 Å². The summed E-state index contributed by atoms with van der Waals surface area (Å²) in [5.41, 5.74) is 4.16. The summed E-state index contributed by atoms with van der Waals surface area (Å²) in [7, 11) is 0. The maximum Gasteiger partial charge on any atom is 0.248 e. The number of benzene rings is 1. The van der Waals surface area contributed by atoms with E-state index in [-0.39, 0.29) is 5.91 Å². The zero-order chi connectivity index (χ0) is 17.8. The lowest BCUT2D eigenvalue weighted by atomic mass is 10.1. The Morgan fingerprint density at radius 1 is 1.20 bits per heavy atom. The van der Waals surface area contributed by atoms with Crippen molar-refractivity contribution in [3.8, 4) is 11.5 Å². The Bertz CT molecular complexity index is 835. The number of carbonyl (C=O) groups excluding carboxylic acids is 1. The number of carbonyl (C=O) groups is 1. The van der Waals surface area contributed by atoms with Crippen molar-refractivity contribution < 1.29 is 9.21 Å². The van der Waals surface area contributed by atoms with Gasteiger partial charge in [0.15, 0.2) is 0 Å². The van der Waals surface area contributed by atoms with Crippen molar-refractivity contribution >= 4 is 22.9 Å². The average molecular weight is 355 g/mol. The van der Waals surface area contributed by atoms with Gasteiger partial charge in [-0.05, 0) is 55.5 Å². The molecule has 0 aliphatic rings. The molecule has 0 N–H and O–H groups in total. The van der Waals surface area contributed by atoms with Crippen molar-refractivity contribution in [1.82, 2.24) is 10.2 Å². The molecule has 1 aromatic carbocycles. The van der Waals surface area contributed by atoms with Crippen molar-refractivity contribution in [2.45, 2.75) is 33.6 Å². The summed E-state index contributed by atoms with van der Waals surface area (Å²) in [6.45, 7) is 6.70. The van der Waals surface area contributed by atoms with Crippen molar-refractivity contribution in [3.63, 3.8) is 0 Å². The molecular formula is C19H21N3O2S. The minimum atomic E-state index is 0.0581. The average Bonchev–Trinajstić information content (AvgIpc) is 3.24. The quantitative estimate of drug-likeness (QED) is 0.657. The minimum absolute atomic E-state index is 0.0581. The second-order valence-corrected chi connectivity index (χ2v) is 6.78. The SMILES string of the molecule is CCN(C(=O)CCc1nnc(-c2ccsc2)o1)c1cc(C)cc(C)c1. The molecule has 0 saturated carbocycles. The van der Waals surface area contributed by atoms with E-state index in [1.54, 1.807) is 16.2 Å². The summed E-state index contributed by atoms with van der Waals surface area (Å²) in [6.07, 6.45) is 0.781. The molecule has 0 spiro atoms. The largest absolute Gasteiger partial charge is 0.421 e. The third-order valence-electron chi connectivity index (χ3n) is 3.92. The Balaban J connectivity index is 1.66. The Morgan fingerprint density at radius 2 is 1.96 bits per heavy atom. The predicted octanol–water partition coefficient (Wildman–Crippen LogP) is 4.40. The highest BCUT2D eigenvalue weighted by molar-refractivity contribution is 7.08. The molecule has 6 heteroatoms. The molecule has 0 radical (unpaired) electrons. The van der Waals surface area contributed by atoms with E-state index < -0.39 is 0 Å². The normalized spacial score (nSPS) is 10.8. The van der Waals surface area contributed by atoms with Crippen LogP contribution in [0.1, 0.15) is 30.4 Å². The highest BCUT2D eigenvalue weighted by Gasteiger charge is 2.16. The molecule has 5 nitrogen and oxygen atoms in total. The molecule has 130 valence electrons. The molecule has 0 saturated heterocycles. The van der Waals surface area contributed by atoms with E-state index in [1.807, 2.05) is 49.7 Å². The van der Waals surface area contributed by atoms with Crippen LogP contribution in [0.3, 0.4) is 0 Å². The number of rotatable bonds is 6. The highest BCUT2D eigenvalue weighted by atomic mass is 32.1. The summed E-state index contributed by atoms with van der Waals surface area (Å²) >= 11 is 1.58. The summed E-state index contributed by atoms with van der Waals surface area (Å²) in [4.78, 5) is 14.4. The van der Waals surface area contributed by atoms with Crippen molar-refractivity contribution in [1.29, 1.82) is 0 Å². The van der Waals surface area contributed by atoms with Gasteiger partial charge in [0, 0.05) is 36.0 Å². The first kappa shape index (κ1) is 17.4. The monoisotopic (exact) mass is 355 g/mol. The van der Waals surface area contributed by atoms with Crippen LogP contribution < -0.4 is 4.90 Å². The van der Waals surface area contributed by atoms with Gasteiger partial charge in [-0.1, -0.05) is 6.07 Å². The van der Waals surface area contributed by atoms with E-state index >= 15 is 0 Å². The van der Waals surface area contributed by atoms with E-state index in [0.717, 1.165) is 22.4 Å². The van der Waals surface area contributed by atoms with Gasteiger partial charge < -0.3 is 9.32 Å². The van der Waals surface area contributed by atoms with Gasteiger partial charge in [0.1, 0.15) is 0 Å². The molecule has 1 amide bonds. The Labute approximate surface area is 151 Å². The van der Waals surface area contributed by atoms with Gasteiger partial charge >= 0.3 is 0 Å². The first-order chi connectivity index (χ1) is 12.1. The molecule has 3 rings (SSSR count). The van der Waals surface area contributed by atoms with E-state index in [2.05, 4.69) is 16.3 Å². The first-order valence-corrected chi connectivity index (χ1v) is 9.24. The lowest BCUT2D eigenvalue weighted by Crippen LogP contribution is -2.30.